The molecule has 0 aliphatic heterocycles. The Morgan fingerprint density at radius 3 is 3.00 bits per heavy atom. The molecular formula is C12H14BrN3O. The second kappa shape index (κ2) is 4.98. The number of carbonyl (C=O) groups excluding carboxylic acids is 1. The number of hydrogen-bond donors (Lipinski definition) is 1. The fourth-order valence-electron chi connectivity index (χ4n) is 1.80. The predicted molar refractivity (Wildman–Crippen MR) is 71.1 cm³/mol. The summed E-state index contributed by atoms with van der Waals surface area (Å²) < 4.78 is 0.922. The summed E-state index contributed by atoms with van der Waals surface area (Å²) in [6.45, 7) is 0.466. The zero-order chi connectivity index (χ0) is 12.4. The molecule has 0 radical (unpaired) electrons. The maximum Gasteiger partial charge on any atom is 0.151 e. The first-order chi connectivity index (χ1) is 8.06. The molecule has 2 heterocycles. The van der Waals surface area contributed by atoms with Crippen LogP contribution in [0, 0.1) is 0 Å². The van der Waals surface area contributed by atoms with Crippen molar-refractivity contribution in [3.63, 3.8) is 0 Å². The van der Waals surface area contributed by atoms with Crippen LogP contribution in [-0.4, -0.2) is 41.3 Å². The molecule has 17 heavy (non-hydrogen) atoms. The molecule has 0 aromatic carbocycles. The normalized spacial score (nSPS) is 11.3. The number of hydrogen-bond acceptors (Lipinski definition) is 3. The highest BCUT2D eigenvalue weighted by molar-refractivity contribution is 9.10. The molecule has 0 fully saturated rings. The second-order valence-electron chi connectivity index (χ2n) is 4.32. The number of nitrogens with one attached hydrogen (secondary N) is 1. The van der Waals surface area contributed by atoms with Gasteiger partial charge in [-0.25, -0.2) is 4.98 Å². The van der Waals surface area contributed by atoms with Crippen molar-refractivity contribution in [2.75, 3.05) is 20.6 Å². The Bertz CT molecular complexity index is 548. The van der Waals surface area contributed by atoms with Gasteiger partial charge in [0.2, 0.25) is 0 Å². The molecule has 2 rings (SSSR count). The first kappa shape index (κ1) is 12.3. The average molecular weight is 296 g/mol. The number of nitrogens with zero attached hydrogens (tertiary/aromatic N) is 2. The Kier molecular flexibility index (Phi) is 3.59. The zero-order valence-electron chi connectivity index (χ0n) is 9.83. The van der Waals surface area contributed by atoms with E-state index in [0.29, 0.717) is 13.0 Å². The monoisotopic (exact) mass is 295 g/mol. The number of fused-ring (bicyclic) bond motifs is 1. The van der Waals surface area contributed by atoms with Gasteiger partial charge in [0.1, 0.15) is 5.65 Å². The van der Waals surface area contributed by atoms with E-state index in [1.54, 1.807) is 6.20 Å². The summed E-state index contributed by atoms with van der Waals surface area (Å²) in [5, 5.41) is 1.01. The van der Waals surface area contributed by atoms with Crippen LogP contribution in [0.5, 0.6) is 0 Å². The van der Waals surface area contributed by atoms with E-state index in [-0.39, 0.29) is 5.78 Å². The molecule has 0 atom stereocenters. The van der Waals surface area contributed by atoms with Gasteiger partial charge >= 0.3 is 0 Å². The quantitative estimate of drug-likeness (QED) is 0.939. The van der Waals surface area contributed by atoms with Crippen molar-refractivity contribution in [3.05, 3.63) is 28.5 Å². The molecule has 5 heteroatoms. The van der Waals surface area contributed by atoms with Gasteiger partial charge in [-0.2, -0.15) is 0 Å². The average Bonchev–Trinajstić information content (AvgIpc) is 2.60. The molecule has 2 aromatic rings. The summed E-state index contributed by atoms with van der Waals surface area (Å²) in [7, 11) is 3.79. The van der Waals surface area contributed by atoms with E-state index in [4.69, 9.17) is 0 Å². The summed E-state index contributed by atoms with van der Waals surface area (Å²) in [5.41, 5.74) is 1.82. The molecule has 90 valence electrons. The molecule has 2 aromatic heterocycles. The number of likely N-dealkylation sites (N-methyl/N-ethyl adjacent to an activating group) is 1. The van der Waals surface area contributed by atoms with Gasteiger partial charge in [0.15, 0.2) is 5.78 Å². The molecule has 0 aliphatic rings. The fraction of sp³-hybridized carbons (Fsp3) is 0.333. The summed E-state index contributed by atoms with van der Waals surface area (Å²) >= 11 is 3.39. The minimum atomic E-state index is 0.205. The van der Waals surface area contributed by atoms with Crippen molar-refractivity contribution in [2.24, 2.45) is 0 Å². The third-order valence-electron chi connectivity index (χ3n) is 2.46. The van der Waals surface area contributed by atoms with Gasteiger partial charge in [-0.15, -0.1) is 0 Å². The zero-order valence-corrected chi connectivity index (χ0v) is 11.4. The maximum absolute atomic E-state index is 11.8. The summed E-state index contributed by atoms with van der Waals surface area (Å²) in [5.74, 6) is 0.205. The third-order valence-corrected chi connectivity index (χ3v) is 2.90. The Balaban J connectivity index is 2.24. The number of aromatic amines is 1. The number of H-pyrrole nitrogens is 1. The number of pyridine rings is 1. The van der Waals surface area contributed by atoms with Crippen molar-refractivity contribution in [3.8, 4) is 0 Å². The van der Waals surface area contributed by atoms with Crippen LogP contribution in [0.25, 0.3) is 11.0 Å². The van der Waals surface area contributed by atoms with Gasteiger partial charge in [-0.3, -0.25) is 4.79 Å². The highest BCUT2D eigenvalue weighted by atomic mass is 79.9. The lowest BCUT2D eigenvalue weighted by Crippen LogP contribution is -2.22. The molecule has 0 amide bonds. The molecule has 0 saturated carbocycles. The van der Waals surface area contributed by atoms with Crippen LogP contribution in [0.4, 0.5) is 0 Å². The second-order valence-corrected chi connectivity index (χ2v) is 5.23. The molecule has 0 aliphatic carbocycles. The number of Topliss-reactive ketones (excluding diaryl/α,β-unsaturated/α-hetero) is 1. The van der Waals surface area contributed by atoms with Gasteiger partial charge in [0.25, 0.3) is 0 Å². The van der Waals surface area contributed by atoms with Crippen molar-refractivity contribution < 1.29 is 4.79 Å². The van der Waals surface area contributed by atoms with Crippen LogP contribution >= 0.6 is 15.9 Å². The summed E-state index contributed by atoms with van der Waals surface area (Å²) in [4.78, 5) is 21.0. The van der Waals surface area contributed by atoms with Crippen LogP contribution < -0.4 is 0 Å². The van der Waals surface area contributed by atoms with Gasteiger partial charge in [-0.1, -0.05) is 0 Å². The molecule has 0 spiro atoms. The SMILES string of the molecule is CN(C)CC(=O)Cc1c[nH]c2ncc(Br)cc12. The van der Waals surface area contributed by atoms with E-state index in [1.807, 2.05) is 31.3 Å². The Hall–Kier alpha value is -1.20. The van der Waals surface area contributed by atoms with E-state index in [1.165, 1.54) is 0 Å². The summed E-state index contributed by atoms with van der Waals surface area (Å²) in [6.07, 6.45) is 4.04. The highest BCUT2D eigenvalue weighted by Crippen LogP contribution is 2.21. The minimum Gasteiger partial charge on any atom is -0.346 e. The highest BCUT2D eigenvalue weighted by Gasteiger charge is 2.10. The molecular weight excluding hydrogens is 282 g/mol. The van der Waals surface area contributed by atoms with Crippen molar-refractivity contribution in [1.82, 2.24) is 14.9 Å². The third kappa shape index (κ3) is 2.92. The number of ketones is 1. The lowest BCUT2D eigenvalue weighted by Gasteiger charge is -2.07. The minimum absolute atomic E-state index is 0.205. The molecule has 0 unspecified atom stereocenters. The van der Waals surface area contributed by atoms with Crippen molar-refractivity contribution in [1.29, 1.82) is 0 Å². The fourth-order valence-corrected chi connectivity index (χ4v) is 2.13. The lowest BCUT2D eigenvalue weighted by molar-refractivity contribution is -0.119. The molecule has 0 saturated heterocycles. The lowest BCUT2D eigenvalue weighted by atomic mass is 10.1. The largest absolute Gasteiger partial charge is 0.346 e. The van der Waals surface area contributed by atoms with E-state index >= 15 is 0 Å². The standard InChI is InChI=1S/C12H14BrN3O/c1-16(2)7-10(17)3-8-5-14-12-11(8)4-9(13)6-15-12/h4-6H,3,7H2,1-2H3,(H,14,15). The van der Waals surface area contributed by atoms with Crippen molar-refractivity contribution >= 4 is 32.7 Å². The Morgan fingerprint density at radius 2 is 2.29 bits per heavy atom. The number of halogens is 1. The topological polar surface area (TPSA) is 49.0 Å². The Morgan fingerprint density at radius 1 is 1.53 bits per heavy atom. The first-order valence-electron chi connectivity index (χ1n) is 5.34. The first-order valence-corrected chi connectivity index (χ1v) is 6.13. The van der Waals surface area contributed by atoms with E-state index in [9.17, 15) is 4.79 Å². The van der Waals surface area contributed by atoms with Gasteiger partial charge in [-0.05, 0) is 41.7 Å². The van der Waals surface area contributed by atoms with Crippen LogP contribution in [0.1, 0.15) is 5.56 Å². The summed E-state index contributed by atoms with van der Waals surface area (Å²) in [6, 6.07) is 1.98. The number of rotatable bonds is 4. The number of carbonyl (C=O) groups is 1. The smallest absolute Gasteiger partial charge is 0.151 e. The van der Waals surface area contributed by atoms with Crippen molar-refractivity contribution in [2.45, 2.75) is 6.42 Å². The van der Waals surface area contributed by atoms with Crippen LogP contribution in [-0.2, 0) is 11.2 Å². The van der Waals surface area contributed by atoms with Gasteiger partial charge < -0.3 is 9.88 Å². The maximum atomic E-state index is 11.8. The molecule has 1 N–H and O–H groups in total. The predicted octanol–water partition coefficient (Wildman–Crippen LogP) is 2.00. The van der Waals surface area contributed by atoms with E-state index in [0.717, 1.165) is 21.1 Å². The van der Waals surface area contributed by atoms with Crippen LogP contribution in [0.15, 0.2) is 22.9 Å². The van der Waals surface area contributed by atoms with Gasteiger partial charge in [0.05, 0.1) is 6.54 Å². The van der Waals surface area contributed by atoms with E-state index < -0.39 is 0 Å². The molecule has 4 nitrogen and oxygen atoms in total. The Labute approximate surface area is 108 Å². The van der Waals surface area contributed by atoms with E-state index in [2.05, 4.69) is 25.9 Å². The molecule has 0 bridgehead atoms. The van der Waals surface area contributed by atoms with Crippen LogP contribution in [0.2, 0.25) is 0 Å². The van der Waals surface area contributed by atoms with Gasteiger partial charge in [0, 0.05) is 28.7 Å². The number of aromatic nitrogens is 2. The van der Waals surface area contributed by atoms with Crippen LogP contribution in [0.3, 0.4) is 0 Å².